The average molecular weight is 451 g/mol. The van der Waals surface area contributed by atoms with Gasteiger partial charge in [0.15, 0.2) is 0 Å². The number of thiophene rings is 1. The van der Waals surface area contributed by atoms with Crippen LogP contribution in [0.3, 0.4) is 0 Å². The van der Waals surface area contributed by atoms with E-state index in [-0.39, 0.29) is 11.5 Å². The fourth-order valence-electron chi connectivity index (χ4n) is 4.89. The largest absolute Gasteiger partial charge is 0.335 e. The quantitative estimate of drug-likeness (QED) is 0.610. The van der Waals surface area contributed by atoms with Gasteiger partial charge in [0.1, 0.15) is 10.7 Å². The third-order valence-electron chi connectivity index (χ3n) is 6.92. The number of carbonyl (C=O) groups is 1. The van der Waals surface area contributed by atoms with Gasteiger partial charge in [-0.2, -0.15) is 0 Å². The number of hydrogen-bond acceptors (Lipinski definition) is 5. The minimum Gasteiger partial charge on any atom is -0.335 e. The lowest BCUT2D eigenvalue weighted by Gasteiger charge is -2.35. The highest BCUT2D eigenvalue weighted by Gasteiger charge is 2.27. The first kappa shape index (κ1) is 21.3. The smallest absolute Gasteiger partial charge is 0.264 e. The molecule has 0 bridgehead atoms. The highest BCUT2D eigenvalue weighted by Crippen LogP contribution is 2.30. The van der Waals surface area contributed by atoms with Gasteiger partial charge in [0.25, 0.3) is 11.5 Å². The minimum atomic E-state index is 0.0303. The van der Waals surface area contributed by atoms with Gasteiger partial charge in [0, 0.05) is 45.7 Å². The van der Waals surface area contributed by atoms with Crippen molar-refractivity contribution >= 4 is 27.5 Å². The van der Waals surface area contributed by atoms with Crippen LogP contribution < -0.4 is 5.56 Å². The summed E-state index contributed by atoms with van der Waals surface area (Å²) in [6.45, 7) is 8.85. The molecule has 0 spiro atoms. The van der Waals surface area contributed by atoms with Gasteiger partial charge < -0.3 is 4.90 Å². The van der Waals surface area contributed by atoms with Gasteiger partial charge in [0.05, 0.1) is 10.3 Å². The molecule has 0 N–H and O–H groups in total. The second-order valence-electron chi connectivity index (χ2n) is 9.03. The molecule has 2 aliphatic heterocycles. The van der Waals surface area contributed by atoms with E-state index in [1.54, 1.807) is 0 Å². The first-order valence-corrected chi connectivity index (χ1v) is 12.4. The number of benzene rings is 1. The molecule has 6 nitrogen and oxygen atoms in total. The maximum Gasteiger partial charge on any atom is 0.264 e. The van der Waals surface area contributed by atoms with Gasteiger partial charge in [-0.3, -0.25) is 19.1 Å². The molecule has 1 amide bonds. The van der Waals surface area contributed by atoms with Gasteiger partial charge in [-0.05, 0) is 43.4 Å². The van der Waals surface area contributed by atoms with Crippen LogP contribution in [0, 0.1) is 13.8 Å². The predicted octanol–water partition coefficient (Wildman–Crippen LogP) is 3.76. The number of nitrogens with zero attached hydrogens (tertiary/aromatic N) is 4. The summed E-state index contributed by atoms with van der Waals surface area (Å²) < 4.78 is 1.84. The first-order chi connectivity index (χ1) is 15.5. The SMILES string of the molecule is Cc1ccccc1CN1CCN(C(=O)c2sc3nc4n(c(=O)c3c2C)CCCCC4)CC1. The summed E-state index contributed by atoms with van der Waals surface area (Å²) in [7, 11) is 0. The van der Waals surface area contributed by atoms with Gasteiger partial charge >= 0.3 is 0 Å². The normalized spacial score (nSPS) is 17.4. The third kappa shape index (κ3) is 3.88. The van der Waals surface area contributed by atoms with Crippen LogP contribution in [0.25, 0.3) is 10.2 Å². The van der Waals surface area contributed by atoms with Crippen molar-refractivity contribution in [1.82, 2.24) is 19.4 Å². The van der Waals surface area contributed by atoms with E-state index in [9.17, 15) is 9.59 Å². The highest BCUT2D eigenvalue weighted by atomic mass is 32.1. The summed E-state index contributed by atoms with van der Waals surface area (Å²) in [4.78, 5) is 37.1. The molecule has 0 atom stereocenters. The van der Waals surface area contributed by atoms with Crippen molar-refractivity contribution in [3.63, 3.8) is 0 Å². The molecule has 168 valence electrons. The summed E-state index contributed by atoms with van der Waals surface area (Å²) in [6, 6.07) is 8.49. The predicted molar refractivity (Wildman–Crippen MR) is 129 cm³/mol. The zero-order chi connectivity index (χ0) is 22.2. The number of aromatic nitrogens is 2. The molecule has 0 saturated carbocycles. The Bertz CT molecular complexity index is 1220. The fourth-order valence-corrected chi connectivity index (χ4v) is 6.05. The van der Waals surface area contributed by atoms with Crippen molar-refractivity contribution in [1.29, 1.82) is 0 Å². The van der Waals surface area contributed by atoms with E-state index in [2.05, 4.69) is 36.1 Å². The van der Waals surface area contributed by atoms with Crippen molar-refractivity contribution in [3.05, 3.63) is 62.0 Å². The van der Waals surface area contributed by atoms with Crippen LogP contribution in [-0.2, 0) is 19.5 Å². The molecular weight excluding hydrogens is 420 g/mol. The van der Waals surface area contributed by atoms with Crippen molar-refractivity contribution in [3.8, 4) is 0 Å². The summed E-state index contributed by atoms with van der Waals surface area (Å²) in [5.74, 6) is 0.922. The van der Waals surface area contributed by atoms with Crippen molar-refractivity contribution in [2.24, 2.45) is 0 Å². The zero-order valence-corrected chi connectivity index (χ0v) is 19.7. The van der Waals surface area contributed by atoms with E-state index >= 15 is 0 Å². The molecule has 3 aromatic rings. The van der Waals surface area contributed by atoms with E-state index in [4.69, 9.17) is 4.98 Å². The Kier molecular flexibility index (Phi) is 5.86. The number of aryl methyl sites for hydroxylation is 3. The maximum absolute atomic E-state index is 13.4. The lowest BCUT2D eigenvalue weighted by atomic mass is 10.1. The topological polar surface area (TPSA) is 58.4 Å². The van der Waals surface area contributed by atoms with Gasteiger partial charge in [0.2, 0.25) is 0 Å². The Hall–Kier alpha value is -2.51. The second kappa shape index (κ2) is 8.79. The second-order valence-corrected chi connectivity index (χ2v) is 10.0. The molecule has 2 aromatic heterocycles. The molecule has 5 rings (SSSR count). The van der Waals surface area contributed by atoms with Gasteiger partial charge in [-0.25, -0.2) is 4.98 Å². The molecule has 1 fully saturated rings. The Morgan fingerprint density at radius 3 is 2.59 bits per heavy atom. The molecule has 1 saturated heterocycles. The number of amides is 1. The maximum atomic E-state index is 13.4. The summed E-state index contributed by atoms with van der Waals surface area (Å²) in [5, 5.41) is 0.641. The third-order valence-corrected chi connectivity index (χ3v) is 8.09. The molecule has 1 aromatic carbocycles. The van der Waals surface area contributed by atoms with E-state index in [1.807, 2.05) is 16.4 Å². The lowest BCUT2D eigenvalue weighted by Crippen LogP contribution is -2.48. The number of carbonyl (C=O) groups excluding carboxylic acids is 1. The number of fused-ring (bicyclic) bond motifs is 2. The molecule has 0 aliphatic carbocycles. The van der Waals surface area contributed by atoms with E-state index in [1.165, 1.54) is 22.5 Å². The van der Waals surface area contributed by atoms with Crippen LogP contribution in [0.2, 0.25) is 0 Å². The summed E-state index contributed by atoms with van der Waals surface area (Å²) >= 11 is 1.40. The molecule has 4 heterocycles. The van der Waals surface area contributed by atoms with Crippen molar-refractivity contribution in [2.75, 3.05) is 26.2 Å². The Labute approximate surface area is 192 Å². The van der Waals surface area contributed by atoms with Gasteiger partial charge in [-0.15, -0.1) is 11.3 Å². The van der Waals surface area contributed by atoms with E-state index < -0.39 is 0 Å². The van der Waals surface area contributed by atoms with Crippen molar-refractivity contribution < 1.29 is 4.79 Å². The Balaban J connectivity index is 1.34. The Morgan fingerprint density at radius 2 is 1.81 bits per heavy atom. The summed E-state index contributed by atoms with van der Waals surface area (Å²) in [6.07, 6.45) is 4.06. The van der Waals surface area contributed by atoms with E-state index in [0.29, 0.717) is 23.4 Å². The Morgan fingerprint density at radius 1 is 1.03 bits per heavy atom. The monoisotopic (exact) mass is 450 g/mol. The summed E-state index contributed by atoms with van der Waals surface area (Å²) in [5.41, 5.74) is 3.49. The highest BCUT2D eigenvalue weighted by molar-refractivity contribution is 7.20. The average Bonchev–Trinajstić information content (AvgIpc) is 2.96. The molecule has 0 unspecified atom stereocenters. The molecule has 7 heteroatoms. The van der Waals surface area contributed by atoms with Gasteiger partial charge in [-0.1, -0.05) is 30.7 Å². The fraction of sp³-hybridized carbons (Fsp3) is 0.480. The van der Waals surface area contributed by atoms with E-state index in [0.717, 1.165) is 68.1 Å². The molecular formula is C25H30N4O2S. The van der Waals surface area contributed by atoms with Crippen LogP contribution >= 0.6 is 11.3 Å². The first-order valence-electron chi connectivity index (χ1n) is 11.6. The van der Waals surface area contributed by atoms with Crippen LogP contribution in [-0.4, -0.2) is 51.4 Å². The number of piperazine rings is 1. The van der Waals surface area contributed by atoms with Crippen LogP contribution in [0.5, 0.6) is 0 Å². The molecule has 2 aliphatic rings. The number of hydrogen-bond donors (Lipinski definition) is 0. The molecule has 0 radical (unpaired) electrons. The van der Waals surface area contributed by atoms with Crippen LogP contribution in [0.4, 0.5) is 0 Å². The lowest BCUT2D eigenvalue weighted by molar-refractivity contribution is 0.0632. The van der Waals surface area contributed by atoms with Crippen molar-refractivity contribution in [2.45, 2.75) is 52.6 Å². The minimum absolute atomic E-state index is 0.0303. The van der Waals surface area contributed by atoms with Crippen LogP contribution in [0.1, 0.15) is 51.4 Å². The molecule has 32 heavy (non-hydrogen) atoms. The standard InChI is InChI=1S/C25H30N4O2S/c1-17-8-5-6-9-19(17)16-27-12-14-28(15-13-27)25(31)22-18(2)21-23(32-22)26-20-10-4-3-7-11-29(20)24(21)30/h5-6,8-9H,3-4,7,10-16H2,1-2H3. The number of rotatable bonds is 3. The zero-order valence-electron chi connectivity index (χ0n) is 18.9. The van der Waals surface area contributed by atoms with Crippen LogP contribution in [0.15, 0.2) is 29.1 Å².